The molecule has 4 rings (SSSR count). The lowest BCUT2D eigenvalue weighted by Gasteiger charge is -2.41. The van der Waals surface area contributed by atoms with Crippen molar-refractivity contribution in [3.05, 3.63) is 70.7 Å². The van der Waals surface area contributed by atoms with Crippen molar-refractivity contribution in [3.63, 3.8) is 0 Å². The fraction of sp³-hybridized carbons (Fsp3) is 0.391. The fourth-order valence-electron chi connectivity index (χ4n) is 4.33. The molecule has 1 aliphatic rings. The summed E-state index contributed by atoms with van der Waals surface area (Å²) in [5, 5.41) is 7.74. The van der Waals surface area contributed by atoms with Gasteiger partial charge in [0.1, 0.15) is 0 Å². The molecule has 1 aliphatic heterocycles. The van der Waals surface area contributed by atoms with Gasteiger partial charge in [0, 0.05) is 36.7 Å². The Morgan fingerprint density at radius 3 is 2.47 bits per heavy atom. The highest BCUT2D eigenvalue weighted by Gasteiger charge is 2.29. The molecule has 6 nitrogen and oxygen atoms in total. The molecule has 30 heavy (non-hydrogen) atoms. The van der Waals surface area contributed by atoms with Crippen LogP contribution in [-0.4, -0.2) is 45.8 Å². The van der Waals surface area contributed by atoms with E-state index in [1.54, 1.807) is 0 Å². The van der Waals surface area contributed by atoms with Gasteiger partial charge in [0.05, 0.1) is 0 Å². The molecule has 7 heteroatoms. The van der Waals surface area contributed by atoms with Gasteiger partial charge in [-0.1, -0.05) is 54.1 Å². The fourth-order valence-corrected chi connectivity index (χ4v) is 4.45. The topological polar surface area (TPSA) is 74.1 Å². The third-order valence-corrected chi connectivity index (χ3v) is 6.31. The second-order valence-electron chi connectivity index (χ2n) is 7.94. The number of benzene rings is 2. The van der Waals surface area contributed by atoms with Gasteiger partial charge in [-0.3, -0.25) is 4.90 Å². The van der Waals surface area contributed by atoms with E-state index in [-0.39, 0.29) is 0 Å². The summed E-state index contributed by atoms with van der Waals surface area (Å²) in [6.45, 7) is 5.19. The van der Waals surface area contributed by atoms with Gasteiger partial charge >= 0.3 is 0 Å². The average molecular weight is 425 g/mol. The number of anilines is 2. The van der Waals surface area contributed by atoms with Gasteiger partial charge < -0.3 is 10.6 Å². The molecule has 0 saturated carbocycles. The molecule has 1 unspecified atom stereocenters. The highest BCUT2D eigenvalue weighted by molar-refractivity contribution is 6.30. The van der Waals surface area contributed by atoms with Crippen LogP contribution in [0.4, 0.5) is 11.9 Å². The average Bonchev–Trinajstić information content (AvgIpc) is 3.22. The van der Waals surface area contributed by atoms with E-state index in [0.29, 0.717) is 24.0 Å². The maximum atomic E-state index is 6.06. The predicted molar refractivity (Wildman–Crippen MR) is 123 cm³/mol. The second kappa shape index (κ2) is 9.49. The minimum absolute atomic E-state index is 0.356. The van der Waals surface area contributed by atoms with Crippen LogP contribution >= 0.6 is 11.6 Å². The van der Waals surface area contributed by atoms with Crippen LogP contribution in [0.1, 0.15) is 36.9 Å². The van der Waals surface area contributed by atoms with Gasteiger partial charge in [-0.2, -0.15) is 4.98 Å². The Morgan fingerprint density at radius 1 is 1.13 bits per heavy atom. The van der Waals surface area contributed by atoms with Crippen LogP contribution in [0.3, 0.4) is 0 Å². The monoisotopic (exact) mass is 424 g/mol. The lowest BCUT2D eigenvalue weighted by Crippen LogP contribution is -2.46. The molecule has 1 atom stereocenters. The highest BCUT2D eigenvalue weighted by Crippen LogP contribution is 2.29. The Hall–Kier alpha value is -2.57. The first kappa shape index (κ1) is 20.7. The SMILES string of the molecule is CC(c1ccccc1)N(CCc1ccc(Cl)cc1)C1CCN(c2n[nH]c(N)n2)CC1. The van der Waals surface area contributed by atoms with E-state index in [2.05, 4.69) is 74.4 Å². The van der Waals surface area contributed by atoms with Crippen LogP contribution in [0.25, 0.3) is 0 Å². The summed E-state index contributed by atoms with van der Waals surface area (Å²) in [4.78, 5) is 9.16. The Bertz CT molecular complexity index is 918. The maximum absolute atomic E-state index is 6.06. The number of H-pyrrole nitrogens is 1. The first-order valence-corrected chi connectivity index (χ1v) is 11.0. The Morgan fingerprint density at radius 2 is 1.83 bits per heavy atom. The van der Waals surface area contributed by atoms with Crippen molar-refractivity contribution in [2.24, 2.45) is 0 Å². The third kappa shape index (κ3) is 4.94. The largest absolute Gasteiger partial charge is 0.368 e. The molecule has 0 bridgehead atoms. The van der Waals surface area contributed by atoms with Gasteiger partial charge in [0.15, 0.2) is 0 Å². The molecule has 3 N–H and O–H groups in total. The summed E-state index contributed by atoms with van der Waals surface area (Å²) in [7, 11) is 0. The summed E-state index contributed by atoms with van der Waals surface area (Å²) >= 11 is 6.06. The molecule has 3 aromatic rings. The zero-order chi connectivity index (χ0) is 20.9. The number of rotatable bonds is 7. The quantitative estimate of drug-likeness (QED) is 0.591. The first-order valence-electron chi connectivity index (χ1n) is 10.6. The molecule has 158 valence electrons. The molecule has 1 aromatic heterocycles. The molecule has 1 fully saturated rings. The van der Waals surface area contributed by atoms with Crippen LogP contribution in [0.2, 0.25) is 5.02 Å². The van der Waals surface area contributed by atoms with Gasteiger partial charge in [-0.25, -0.2) is 5.10 Å². The molecule has 2 aromatic carbocycles. The molecular weight excluding hydrogens is 396 g/mol. The number of aromatic amines is 1. The Kier molecular flexibility index (Phi) is 6.55. The predicted octanol–water partition coefficient (Wildman–Crippen LogP) is 4.32. The van der Waals surface area contributed by atoms with Crippen LogP contribution in [0, 0.1) is 0 Å². The number of piperidine rings is 1. The zero-order valence-corrected chi connectivity index (χ0v) is 18.1. The van der Waals surface area contributed by atoms with Crippen molar-refractivity contribution in [3.8, 4) is 0 Å². The second-order valence-corrected chi connectivity index (χ2v) is 8.38. The summed E-state index contributed by atoms with van der Waals surface area (Å²) < 4.78 is 0. The first-order chi connectivity index (χ1) is 14.6. The zero-order valence-electron chi connectivity index (χ0n) is 17.3. The lowest BCUT2D eigenvalue weighted by molar-refractivity contribution is 0.123. The van der Waals surface area contributed by atoms with Crippen LogP contribution in [0.5, 0.6) is 0 Å². The van der Waals surface area contributed by atoms with E-state index in [0.717, 1.165) is 43.9 Å². The Balaban J connectivity index is 1.46. The van der Waals surface area contributed by atoms with Crippen molar-refractivity contribution in [2.45, 2.75) is 38.3 Å². The summed E-state index contributed by atoms with van der Waals surface area (Å²) in [5.41, 5.74) is 8.37. The lowest BCUT2D eigenvalue weighted by atomic mass is 9.97. The van der Waals surface area contributed by atoms with Crippen molar-refractivity contribution in [2.75, 3.05) is 30.3 Å². The summed E-state index contributed by atoms with van der Waals surface area (Å²) in [6, 6.07) is 19.9. The van der Waals surface area contributed by atoms with E-state index >= 15 is 0 Å². The van der Waals surface area contributed by atoms with Crippen molar-refractivity contribution < 1.29 is 0 Å². The standard InChI is InChI=1S/C23H29ClN6/c1-17(19-5-3-2-4-6-19)30(16-11-18-7-9-20(24)10-8-18)21-12-14-29(15-13-21)23-26-22(25)27-28-23/h2-10,17,21H,11-16H2,1H3,(H3,25,26,27,28). The van der Waals surface area contributed by atoms with Crippen molar-refractivity contribution in [1.82, 2.24) is 20.1 Å². The molecule has 0 aliphatic carbocycles. The van der Waals surface area contributed by atoms with E-state index in [4.69, 9.17) is 17.3 Å². The molecule has 0 amide bonds. The summed E-state index contributed by atoms with van der Waals surface area (Å²) in [5.74, 6) is 1.07. The Labute approximate surface area is 183 Å². The number of halogens is 1. The number of nitrogens with one attached hydrogen (secondary N) is 1. The van der Waals surface area contributed by atoms with E-state index in [9.17, 15) is 0 Å². The van der Waals surface area contributed by atoms with E-state index in [1.807, 2.05) is 12.1 Å². The minimum atomic E-state index is 0.356. The van der Waals surface area contributed by atoms with Crippen LogP contribution < -0.4 is 10.6 Å². The van der Waals surface area contributed by atoms with Crippen molar-refractivity contribution >= 4 is 23.5 Å². The third-order valence-electron chi connectivity index (χ3n) is 6.06. The minimum Gasteiger partial charge on any atom is -0.368 e. The number of hydrogen-bond donors (Lipinski definition) is 2. The molecular formula is C23H29ClN6. The maximum Gasteiger partial charge on any atom is 0.246 e. The number of nitrogens with zero attached hydrogens (tertiary/aromatic N) is 4. The van der Waals surface area contributed by atoms with Crippen molar-refractivity contribution in [1.29, 1.82) is 0 Å². The number of nitrogens with two attached hydrogens (primary N) is 1. The number of hydrogen-bond acceptors (Lipinski definition) is 5. The van der Waals surface area contributed by atoms with E-state index in [1.165, 1.54) is 11.1 Å². The normalized spacial score (nSPS) is 16.2. The molecule has 1 saturated heterocycles. The van der Waals surface area contributed by atoms with Crippen LogP contribution in [-0.2, 0) is 6.42 Å². The van der Waals surface area contributed by atoms with Gasteiger partial charge in [-0.15, -0.1) is 5.10 Å². The number of nitrogen functional groups attached to an aromatic ring is 1. The summed E-state index contributed by atoms with van der Waals surface area (Å²) in [6.07, 6.45) is 3.16. The van der Waals surface area contributed by atoms with Gasteiger partial charge in [-0.05, 0) is 49.4 Å². The van der Waals surface area contributed by atoms with Gasteiger partial charge in [0.2, 0.25) is 11.9 Å². The molecule has 0 radical (unpaired) electrons. The smallest absolute Gasteiger partial charge is 0.246 e. The number of aromatic nitrogens is 3. The molecule has 2 heterocycles. The van der Waals surface area contributed by atoms with Gasteiger partial charge in [0.25, 0.3) is 0 Å². The van der Waals surface area contributed by atoms with Crippen LogP contribution in [0.15, 0.2) is 54.6 Å². The van der Waals surface area contributed by atoms with E-state index < -0.39 is 0 Å². The highest BCUT2D eigenvalue weighted by atomic mass is 35.5. The molecule has 0 spiro atoms.